The van der Waals surface area contributed by atoms with Crippen LogP contribution in [0.25, 0.3) is 0 Å². The van der Waals surface area contributed by atoms with Crippen molar-refractivity contribution in [3.63, 3.8) is 0 Å². The van der Waals surface area contributed by atoms with Crippen molar-refractivity contribution in [1.29, 1.82) is 5.26 Å². The average molecular weight is 402 g/mol. The van der Waals surface area contributed by atoms with E-state index < -0.39 is 15.8 Å². The first kappa shape index (κ1) is 19.9. The van der Waals surface area contributed by atoms with E-state index in [1.54, 1.807) is 24.3 Å². The number of carbonyl (C=O) groups excluding carboxylic acids is 1. The van der Waals surface area contributed by atoms with E-state index in [4.69, 9.17) is 5.26 Å². The Kier molecular flexibility index (Phi) is 6.04. The fourth-order valence-corrected chi connectivity index (χ4v) is 4.44. The molecule has 2 aromatic rings. The van der Waals surface area contributed by atoms with Gasteiger partial charge in [-0.15, -0.1) is 0 Å². The van der Waals surface area contributed by atoms with Crippen LogP contribution in [0.4, 0.5) is 10.1 Å². The number of anilines is 1. The lowest BCUT2D eigenvalue weighted by atomic mass is 10.2. The number of halogens is 1. The van der Waals surface area contributed by atoms with Crippen LogP contribution in [-0.4, -0.2) is 56.3 Å². The van der Waals surface area contributed by atoms with Crippen molar-refractivity contribution in [2.75, 3.05) is 38.0 Å². The summed E-state index contributed by atoms with van der Waals surface area (Å²) in [5.74, 6) is -0.998. The zero-order valence-corrected chi connectivity index (χ0v) is 15.8. The quantitative estimate of drug-likeness (QED) is 0.821. The number of sulfonamides is 1. The Balaban J connectivity index is 1.54. The summed E-state index contributed by atoms with van der Waals surface area (Å²) in [6, 6.07) is 13.8. The Bertz CT molecular complexity index is 995. The number of nitrogens with one attached hydrogen (secondary N) is 1. The molecule has 0 unspecified atom stereocenters. The summed E-state index contributed by atoms with van der Waals surface area (Å²) in [5.41, 5.74) is 1.09. The van der Waals surface area contributed by atoms with Crippen LogP contribution >= 0.6 is 0 Å². The van der Waals surface area contributed by atoms with Crippen LogP contribution in [0.3, 0.4) is 0 Å². The fourth-order valence-electron chi connectivity index (χ4n) is 2.95. The van der Waals surface area contributed by atoms with Crippen molar-refractivity contribution in [1.82, 2.24) is 9.21 Å². The molecule has 0 aliphatic carbocycles. The van der Waals surface area contributed by atoms with Gasteiger partial charge in [-0.2, -0.15) is 9.57 Å². The van der Waals surface area contributed by atoms with Gasteiger partial charge in [-0.25, -0.2) is 12.8 Å². The van der Waals surface area contributed by atoms with Crippen molar-refractivity contribution in [2.45, 2.75) is 4.90 Å². The van der Waals surface area contributed by atoms with Crippen molar-refractivity contribution in [3.05, 3.63) is 59.9 Å². The second-order valence-electron chi connectivity index (χ2n) is 6.35. The predicted octanol–water partition coefficient (Wildman–Crippen LogP) is 1.64. The smallest absolute Gasteiger partial charge is 0.246 e. The maximum atomic E-state index is 13.9. The molecule has 0 bridgehead atoms. The minimum Gasteiger partial charge on any atom is -0.325 e. The highest BCUT2D eigenvalue weighted by atomic mass is 32.2. The second-order valence-corrected chi connectivity index (χ2v) is 8.25. The number of carbonyl (C=O) groups is 1. The first-order chi connectivity index (χ1) is 13.4. The highest BCUT2D eigenvalue weighted by Gasteiger charge is 2.30. The van der Waals surface area contributed by atoms with Crippen LogP contribution in [0.1, 0.15) is 5.56 Å². The lowest BCUT2D eigenvalue weighted by Gasteiger charge is -2.33. The Morgan fingerprint density at radius 3 is 2.32 bits per heavy atom. The van der Waals surface area contributed by atoms with E-state index in [1.807, 2.05) is 11.0 Å². The first-order valence-corrected chi connectivity index (χ1v) is 10.1. The van der Waals surface area contributed by atoms with E-state index >= 15 is 0 Å². The van der Waals surface area contributed by atoms with Crippen LogP contribution in [0.15, 0.2) is 53.4 Å². The molecule has 1 amide bonds. The number of hydrogen-bond acceptors (Lipinski definition) is 5. The summed E-state index contributed by atoms with van der Waals surface area (Å²) >= 11 is 0. The maximum Gasteiger partial charge on any atom is 0.246 e. The van der Waals surface area contributed by atoms with Gasteiger partial charge in [0.05, 0.1) is 18.2 Å². The van der Waals surface area contributed by atoms with Gasteiger partial charge in [-0.05, 0) is 36.4 Å². The molecule has 2 aromatic carbocycles. The molecular weight excluding hydrogens is 383 g/mol. The molecule has 1 heterocycles. The van der Waals surface area contributed by atoms with Gasteiger partial charge in [0, 0.05) is 31.9 Å². The first-order valence-electron chi connectivity index (χ1n) is 8.67. The molecule has 146 valence electrons. The second kappa shape index (κ2) is 8.48. The average Bonchev–Trinajstić information content (AvgIpc) is 2.69. The molecule has 1 N–H and O–H groups in total. The van der Waals surface area contributed by atoms with Gasteiger partial charge in [-0.3, -0.25) is 9.69 Å². The largest absolute Gasteiger partial charge is 0.325 e. The number of rotatable bonds is 5. The zero-order valence-electron chi connectivity index (χ0n) is 15.0. The summed E-state index contributed by atoms with van der Waals surface area (Å²) in [4.78, 5) is 13.7. The molecule has 28 heavy (non-hydrogen) atoms. The van der Waals surface area contributed by atoms with Gasteiger partial charge in [-0.1, -0.05) is 12.1 Å². The van der Waals surface area contributed by atoms with Crippen molar-refractivity contribution in [3.8, 4) is 6.07 Å². The normalized spacial score (nSPS) is 15.7. The monoisotopic (exact) mass is 402 g/mol. The third kappa shape index (κ3) is 4.54. The highest BCUT2D eigenvalue weighted by molar-refractivity contribution is 7.89. The number of nitriles is 1. The summed E-state index contributed by atoms with van der Waals surface area (Å²) in [6.07, 6.45) is 0. The molecule has 0 aromatic heterocycles. The molecule has 9 heteroatoms. The highest BCUT2D eigenvalue weighted by Crippen LogP contribution is 2.20. The van der Waals surface area contributed by atoms with E-state index in [1.165, 1.54) is 22.5 Å². The van der Waals surface area contributed by atoms with Crippen molar-refractivity contribution < 1.29 is 17.6 Å². The van der Waals surface area contributed by atoms with Gasteiger partial charge >= 0.3 is 0 Å². The molecule has 3 rings (SSSR count). The third-order valence-electron chi connectivity index (χ3n) is 4.45. The summed E-state index contributed by atoms with van der Waals surface area (Å²) in [6.45, 7) is 1.22. The van der Waals surface area contributed by atoms with Crippen molar-refractivity contribution >= 4 is 21.6 Å². The van der Waals surface area contributed by atoms with Gasteiger partial charge in [0.15, 0.2) is 0 Å². The standard InChI is InChI=1S/C19H19FN4O3S/c20-17-3-1-2-4-18(17)28(26,27)24-11-9-23(10-12-24)14-19(25)22-16-7-5-15(13-21)6-8-16/h1-8H,9-12,14H2,(H,22,25). The Labute approximate surface area is 163 Å². The van der Waals surface area contributed by atoms with Gasteiger partial charge in [0.2, 0.25) is 15.9 Å². The Hall–Kier alpha value is -2.80. The molecule has 0 saturated carbocycles. The summed E-state index contributed by atoms with van der Waals surface area (Å²) in [7, 11) is -3.90. The molecule has 1 fully saturated rings. The Morgan fingerprint density at radius 2 is 1.71 bits per heavy atom. The summed E-state index contributed by atoms with van der Waals surface area (Å²) in [5, 5.41) is 11.5. The van der Waals surface area contributed by atoms with Crippen LogP contribution in [-0.2, 0) is 14.8 Å². The molecule has 0 spiro atoms. The maximum absolute atomic E-state index is 13.9. The van der Waals surface area contributed by atoms with Crippen LogP contribution in [0.2, 0.25) is 0 Å². The van der Waals surface area contributed by atoms with Crippen LogP contribution in [0.5, 0.6) is 0 Å². The molecule has 1 aliphatic heterocycles. The molecule has 0 radical (unpaired) electrons. The minimum absolute atomic E-state index is 0.119. The fraction of sp³-hybridized carbons (Fsp3) is 0.263. The molecule has 0 atom stereocenters. The van der Waals surface area contributed by atoms with Gasteiger partial charge in [0.1, 0.15) is 10.7 Å². The minimum atomic E-state index is -3.90. The van der Waals surface area contributed by atoms with E-state index in [-0.39, 0.29) is 30.4 Å². The van der Waals surface area contributed by atoms with E-state index in [0.717, 1.165) is 6.07 Å². The number of nitrogens with zero attached hydrogens (tertiary/aromatic N) is 3. The zero-order chi connectivity index (χ0) is 20.1. The molecular formula is C19H19FN4O3S. The number of amides is 1. The molecule has 1 saturated heterocycles. The van der Waals surface area contributed by atoms with Crippen molar-refractivity contribution in [2.24, 2.45) is 0 Å². The predicted molar refractivity (Wildman–Crippen MR) is 101 cm³/mol. The van der Waals surface area contributed by atoms with Crippen LogP contribution in [0, 0.1) is 17.1 Å². The third-order valence-corrected chi connectivity index (χ3v) is 6.38. The molecule has 1 aliphatic rings. The van der Waals surface area contributed by atoms with Gasteiger partial charge < -0.3 is 5.32 Å². The van der Waals surface area contributed by atoms with E-state index in [0.29, 0.717) is 24.3 Å². The Morgan fingerprint density at radius 1 is 1.07 bits per heavy atom. The number of benzene rings is 2. The number of hydrogen-bond donors (Lipinski definition) is 1. The topological polar surface area (TPSA) is 93.5 Å². The van der Waals surface area contributed by atoms with E-state index in [9.17, 15) is 17.6 Å². The van der Waals surface area contributed by atoms with Crippen LogP contribution < -0.4 is 5.32 Å². The SMILES string of the molecule is N#Cc1ccc(NC(=O)CN2CCN(S(=O)(=O)c3ccccc3F)CC2)cc1. The lowest BCUT2D eigenvalue weighted by Crippen LogP contribution is -2.50. The number of piperazine rings is 1. The van der Waals surface area contributed by atoms with Gasteiger partial charge in [0.25, 0.3) is 0 Å². The van der Waals surface area contributed by atoms with E-state index in [2.05, 4.69) is 5.32 Å². The lowest BCUT2D eigenvalue weighted by molar-refractivity contribution is -0.117. The summed E-state index contributed by atoms with van der Waals surface area (Å²) < 4.78 is 40.3. The molecule has 7 nitrogen and oxygen atoms in total.